The second-order valence-corrected chi connectivity index (χ2v) is 6.67. The summed E-state index contributed by atoms with van der Waals surface area (Å²) in [6, 6.07) is 0. The summed E-state index contributed by atoms with van der Waals surface area (Å²) in [7, 11) is 3.58. The molecule has 0 fully saturated rings. The minimum Gasteiger partial charge on any atom is -0.345 e. The molecule has 0 heterocycles. The van der Waals surface area contributed by atoms with E-state index in [2.05, 4.69) is 6.92 Å². The molecule has 2 heteroatoms. The van der Waals surface area contributed by atoms with E-state index in [1.165, 1.54) is 83.5 Å². The van der Waals surface area contributed by atoms with Crippen molar-refractivity contribution in [3.8, 4) is 0 Å². The van der Waals surface area contributed by atoms with Crippen molar-refractivity contribution in [2.45, 2.75) is 96.8 Å². The lowest BCUT2D eigenvalue weighted by atomic mass is 10.0. The molecule has 0 unspecified atom stereocenters. The molecule has 0 atom stereocenters. The summed E-state index contributed by atoms with van der Waals surface area (Å²) in [5.41, 5.74) is 0. The summed E-state index contributed by atoms with van der Waals surface area (Å²) in [5, 5.41) is 0. The van der Waals surface area contributed by atoms with Gasteiger partial charge in [0, 0.05) is 14.1 Å². The van der Waals surface area contributed by atoms with Crippen molar-refractivity contribution >= 4 is 5.91 Å². The van der Waals surface area contributed by atoms with Gasteiger partial charge < -0.3 is 4.90 Å². The molecule has 0 aromatic carbocycles. The van der Waals surface area contributed by atoms with Crippen molar-refractivity contribution in [2.75, 3.05) is 14.1 Å². The van der Waals surface area contributed by atoms with Gasteiger partial charge in [-0.15, -0.1) is 0 Å². The summed E-state index contributed by atoms with van der Waals surface area (Å²) < 4.78 is 0. The third-order valence-corrected chi connectivity index (χ3v) is 4.18. The lowest BCUT2D eigenvalue weighted by Gasteiger charge is -2.05. The Hall–Kier alpha value is -0.790. The molecule has 0 aromatic heterocycles. The molecule has 0 N–H and O–H groups in total. The predicted octanol–water partition coefficient (Wildman–Crippen LogP) is 6.11. The number of amides is 1. The van der Waals surface area contributed by atoms with Crippen molar-refractivity contribution in [2.24, 2.45) is 0 Å². The Labute approximate surface area is 139 Å². The van der Waals surface area contributed by atoms with E-state index in [1.54, 1.807) is 25.1 Å². The molecule has 0 aliphatic carbocycles. The smallest absolute Gasteiger partial charge is 0.245 e. The number of rotatable bonds is 15. The Morgan fingerprint density at radius 3 is 1.55 bits per heavy atom. The van der Waals surface area contributed by atoms with Crippen LogP contribution in [-0.4, -0.2) is 24.9 Å². The van der Waals surface area contributed by atoms with E-state index >= 15 is 0 Å². The maximum Gasteiger partial charge on any atom is 0.245 e. The summed E-state index contributed by atoms with van der Waals surface area (Å²) in [5.74, 6) is 0.0923. The van der Waals surface area contributed by atoms with E-state index < -0.39 is 0 Å². The molecule has 0 saturated carbocycles. The van der Waals surface area contributed by atoms with Crippen LogP contribution < -0.4 is 0 Å². The zero-order valence-electron chi connectivity index (χ0n) is 15.4. The van der Waals surface area contributed by atoms with Crippen LogP contribution in [0.1, 0.15) is 96.8 Å². The summed E-state index contributed by atoms with van der Waals surface area (Å²) in [6.07, 6.45) is 22.8. The topological polar surface area (TPSA) is 20.3 Å². The molecule has 0 spiro atoms. The largest absolute Gasteiger partial charge is 0.345 e. The molecule has 0 aliphatic rings. The SMILES string of the molecule is CCCCCCCCCCCCCCCC=CC(=O)N(C)C. The van der Waals surface area contributed by atoms with Crippen LogP contribution in [0.25, 0.3) is 0 Å². The number of likely N-dealkylation sites (N-methyl/N-ethyl adjacent to an activating group) is 1. The number of allylic oxidation sites excluding steroid dienone is 1. The van der Waals surface area contributed by atoms with Gasteiger partial charge in [-0.25, -0.2) is 0 Å². The van der Waals surface area contributed by atoms with E-state index in [1.807, 2.05) is 6.08 Å². The normalized spacial score (nSPS) is 11.2. The van der Waals surface area contributed by atoms with Crippen molar-refractivity contribution in [1.29, 1.82) is 0 Å². The number of carbonyl (C=O) groups is 1. The Bertz CT molecular complexity index is 271. The quantitative estimate of drug-likeness (QED) is 0.264. The van der Waals surface area contributed by atoms with Crippen LogP contribution in [-0.2, 0) is 4.79 Å². The number of unbranched alkanes of at least 4 members (excludes halogenated alkanes) is 13. The Kier molecular flexibility index (Phi) is 16.0. The van der Waals surface area contributed by atoms with Crippen LogP contribution in [0, 0.1) is 0 Å². The number of hydrogen-bond donors (Lipinski definition) is 0. The molecule has 0 aliphatic heterocycles. The van der Waals surface area contributed by atoms with E-state index in [0.29, 0.717) is 0 Å². The highest BCUT2D eigenvalue weighted by Crippen LogP contribution is 2.12. The molecule has 0 rings (SSSR count). The second kappa shape index (κ2) is 16.6. The van der Waals surface area contributed by atoms with Gasteiger partial charge in [0.05, 0.1) is 0 Å². The van der Waals surface area contributed by atoms with Crippen LogP contribution >= 0.6 is 0 Å². The van der Waals surface area contributed by atoms with E-state index in [0.717, 1.165) is 6.42 Å². The fraction of sp³-hybridized carbons (Fsp3) is 0.850. The van der Waals surface area contributed by atoms with Gasteiger partial charge in [-0.05, 0) is 18.9 Å². The van der Waals surface area contributed by atoms with Gasteiger partial charge in [-0.1, -0.05) is 90.0 Å². The zero-order chi connectivity index (χ0) is 16.5. The van der Waals surface area contributed by atoms with Gasteiger partial charge in [0.2, 0.25) is 5.91 Å². The average molecular weight is 310 g/mol. The van der Waals surface area contributed by atoms with E-state index in [-0.39, 0.29) is 5.91 Å². The number of hydrogen-bond acceptors (Lipinski definition) is 1. The fourth-order valence-corrected chi connectivity index (χ4v) is 2.61. The van der Waals surface area contributed by atoms with Gasteiger partial charge in [0.15, 0.2) is 0 Å². The zero-order valence-corrected chi connectivity index (χ0v) is 15.4. The van der Waals surface area contributed by atoms with Gasteiger partial charge in [0.1, 0.15) is 0 Å². The fourth-order valence-electron chi connectivity index (χ4n) is 2.61. The van der Waals surface area contributed by atoms with Crippen LogP contribution in [0.15, 0.2) is 12.2 Å². The Morgan fingerprint density at radius 1 is 0.727 bits per heavy atom. The van der Waals surface area contributed by atoms with Crippen molar-refractivity contribution in [3.05, 3.63) is 12.2 Å². The van der Waals surface area contributed by atoms with Crippen LogP contribution in [0.4, 0.5) is 0 Å². The number of carbonyl (C=O) groups excluding carboxylic acids is 1. The summed E-state index contributed by atoms with van der Waals surface area (Å²) in [4.78, 5) is 12.9. The van der Waals surface area contributed by atoms with Gasteiger partial charge in [-0.2, -0.15) is 0 Å². The number of nitrogens with zero attached hydrogens (tertiary/aromatic N) is 1. The van der Waals surface area contributed by atoms with Crippen molar-refractivity contribution < 1.29 is 4.79 Å². The van der Waals surface area contributed by atoms with E-state index in [9.17, 15) is 4.79 Å². The maximum atomic E-state index is 11.3. The van der Waals surface area contributed by atoms with Crippen LogP contribution in [0.5, 0.6) is 0 Å². The molecule has 0 radical (unpaired) electrons. The maximum absolute atomic E-state index is 11.3. The van der Waals surface area contributed by atoms with Crippen LogP contribution in [0.3, 0.4) is 0 Å². The lowest BCUT2D eigenvalue weighted by molar-refractivity contribution is -0.123. The Morgan fingerprint density at radius 2 is 1.14 bits per heavy atom. The Balaban J connectivity index is 3.13. The third-order valence-electron chi connectivity index (χ3n) is 4.18. The predicted molar refractivity (Wildman–Crippen MR) is 98.1 cm³/mol. The first-order valence-corrected chi connectivity index (χ1v) is 9.56. The van der Waals surface area contributed by atoms with Gasteiger partial charge in [0.25, 0.3) is 0 Å². The molecule has 0 saturated heterocycles. The second-order valence-electron chi connectivity index (χ2n) is 6.67. The first kappa shape index (κ1) is 21.2. The minimum absolute atomic E-state index is 0.0923. The first-order valence-electron chi connectivity index (χ1n) is 9.56. The van der Waals surface area contributed by atoms with Crippen molar-refractivity contribution in [1.82, 2.24) is 4.90 Å². The van der Waals surface area contributed by atoms with E-state index in [4.69, 9.17) is 0 Å². The molecule has 2 nitrogen and oxygen atoms in total. The standard InChI is InChI=1S/C20H39NO/c1-4-5-6-7-8-9-10-11-12-13-14-15-16-17-18-19-20(22)21(2)3/h18-19H,4-17H2,1-3H3. The molecule has 0 bridgehead atoms. The van der Waals surface area contributed by atoms with Gasteiger partial charge in [-0.3, -0.25) is 4.79 Å². The monoisotopic (exact) mass is 309 g/mol. The molecule has 1 amide bonds. The third kappa shape index (κ3) is 15.6. The molecular weight excluding hydrogens is 270 g/mol. The molecular formula is C20H39NO. The van der Waals surface area contributed by atoms with Crippen LogP contribution in [0.2, 0.25) is 0 Å². The minimum atomic E-state index is 0.0923. The highest BCUT2D eigenvalue weighted by molar-refractivity contribution is 5.86. The molecule has 0 aromatic rings. The molecule has 130 valence electrons. The summed E-state index contributed by atoms with van der Waals surface area (Å²) >= 11 is 0. The first-order chi connectivity index (χ1) is 10.7. The highest BCUT2D eigenvalue weighted by atomic mass is 16.2. The lowest BCUT2D eigenvalue weighted by Crippen LogP contribution is -2.18. The highest BCUT2D eigenvalue weighted by Gasteiger charge is 1.96. The summed E-state index contributed by atoms with van der Waals surface area (Å²) in [6.45, 7) is 2.28. The average Bonchev–Trinajstić information content (AvgIpc) is 2.50. The van der Waals surface area contributed by atoms with Gasteiger partial charge >= 0.3 is 0 Å². The van der Waals surface area contributed by atoms with Crippen molar-refractivity contribution in [3.63, 3.8) is 0 Å². The molecule has 22 heavy (non-hydrogen) atoms.